The monoisotopic (exact) mass is 278 g/mol. The van der Waals surface area contributed by atoms with Gasteiger partial charge in [0.1, 0.15) is 5.75 Å². The van der Waals surface area contributed by atoms with Crippen molar-refractivity contribution in [1.82, 2.24) is 10.4 Å². The molecule has 0 aliphatic heterocycles. The SMILES string of the molecule is CC(=O)N(C)NCc1ccc(OC(F)F)cc1Cl. The zero-order valence-corrected chi connectivity index (χ0v) is 10.7. The number of halogens is 3. The van der Waals surface area contributed by atoms with Crippen molar-refractivity contribution in [3.63, 3.8) is 0 Å². The minimum absolute atomic E-state index is 0.00123. The number of ether oxygens (including phenoxy) is 1. The summed E-state index contributed by atoms with van der Waals surface area (Å²) in [7, 11) is 1.57. The number of amides is 1. The Balaban J connectivity index is 2.65. The maximum atomic E-state index is 12.0. The molecule has 100 valence electrons. The Morgan fingerprint density at radius 1 is 1.56 bits per heavy atom. The zero-order chi connectivity index (χ0) is 13.7. The van der Waals surface area contributed by atoms with Gasteiger partial charge in [-0.1, -0.05) is 17.7 Å². The largest absolute Gasteiger partial charge is 0.435 e. The van der Waals surface area contributed by atoms with Crippen molar-refractivity contribution < 1.29 is 18.3 Å². The van der Waals surface area contributed by atoms with Gasteiger partial charge in [0.05, 0.1) is 0 Å². The number of nitrogens with one attached hydrogen (secondary N) is 1. The van der Waals surface area contributed by atoms with E-state index in [0.29, 0.717) is 12.1 Å². The first kappa shape index (κ1) is 14.7. The number of carbonyl (C=O) groups excluding carboxylic acids is 1. The summed E-state index contributed by atoms with van der Waals surface area (Å²) in [5.41, 5.74) is 3.48. The molecule has 1 amide bonds. The predicted octanol–water partition coefficient (Wildman–Crippen LogP) is 2.42. The van der Waals surface area contributed by atoms with E-state index in [1.165, 1.54) is 24.1 Å². The highest BCUT2D eigenvalue weighted by Gasteiger charge is 2.08. The molecule has 0 aliphatic rings. The topological polar surface area (TPSA) is 41.6 Å². The molecular formula is C11H13ClF2N2O2. The summed E-state index contributed by atoms with van der Waals surface area (Å²) in [6.07, 6.45) is 0. The molecule has 0 bridgehead atoms. The third kappa shape index (κ3) is 4.46. The zero-order valence-electron chi connectivity index (χ0n) is 9.91. The molecule has 0 saturated carbocycles. The van der Waals surface area contributed by atoms with Gasteiger partial charge in [-0.25, -0.2) is 5.43 Å². The van der Waals surface area contributed by atoms with Gasteiger partial charge in [-0.15, -0.1) is 0 Å². The first-order valence-electron chi connectivity index (χ1n) is 5.11. The van der Waals surface area contributed by atoms with E-state index in [-0.39, 0.29) is 16.7 Å². The fraction of sp³-hybridized carbons (Fsp3) is 0.364. The van der Waals surface area contributed by atoms with Gasteiger partial charge >= 0.3 is 6.61 Å². The van der Waals surface area contributed by atoms with Crippen molar-refractivity contribution in [3.8, 4) is 5.75 Å². The molecule has 1 rings (SSSR count). The molecule has 0 radical (unpaired) electrons. The van der Waals surface area contributed by atoms with E-state index in [4.69, 9.17) is 11.6 Å². The number of hydrogen-bond donors (Lipinski definition) is 1. The van der Waals surface area contributed by atoms with Gasteiger partial charge in [-0.3, -0.25) is 9.80 Å². The molecular weight excluding hydrogens is 266 g/mol. The Kier molecular flexibility index (Phi) is 5.30. The van der Waals surface area contributed by atoms with Gasteiger partial charge in [0.25, 0.3) is 0 Å². The number of nitrogens with zero attached hydrogens (tertiary/aromatic N) is 1. The summed E-state index contributed by atoms with van der Waals surface area (Å²) in [6, 6.07) is 4.25. The van der Waals surface area contributed by atoms with Crippen LogP contribution in [0.4, 0.5) is 8.78 Å². The van der Waals surface area contributed by atoms with E-state index in [0.717, 1.165) is 0 Å². The third-order valence-electron chi connectivity index (χ3n) is 2.23. The van der Waals surface area contributed by atoms with Crippen LogP contribution in [0.3, 0.4) is 0 Å². The van der Waals surface area contributed by atoms with Crippen molar-refractivity contribution >= 4 is 17.5 Å². The lowest BCUT2D eigenvalue weighted by Gasteiger charge is -2.17. The predicted molar refractivity (Wildman–Crippen MR) is 63.4 cm³/mol. The number of hydrazine groups is 1. The summed E-state index contributed by atoms with van der Waals surface area (Å²) in [6.45, 7) is -1.16. The third-order valence-corrected chi connectivity index (χ3v) is 2.58. The molecule has 1 N–H and O–H groups in total. The Bertz CT molecular complexity index is 430. The minimum Gasteiger partial charge on any atom is -0.435 e. The molecule has 7 heteroatoms. The number of hydrogen-bond acceptors (Lipinski definition) is 3. The normalized spacial score (nSPS) is 10.6. The highest BCUT2D eigenvalue weighted by atomic mass is 35.5. The molecule has 1 aromatic rings. The first-order chi connectivity index (χ1) is 8.40. The average Bonchev–Trinajstić information content (AvgIpc) is 2.26. The molecule has 0 aromatic heterocycles. The Hall–Kier alpha value is -1.40. The lowest BCUT2D eigenvalue weighted by Crippen LogP contribution is -2.37. The number of rotatable bonds is 5. The van der Waals surface area contributed by atoms with E-state index >= 15 is 0 Å². The molecule has 0 atom stereocenters. The summed E-state index contributed by atoms with van der Waals surface area (Å²) in [5, 5.41) is 1.59. The maximum absolute atomic E-state index is 12.0. The van der Waals surface area contributed by atoms with Crippen LogP contribution in [0.25, 0.3) is 0 Å². The van der Waals surface area contributed by atoms with Crippen LogP contribution < -0.4 is 10.2 Å². The Morgan fingerprint density at radius 3 is 2.72 bits per heavy atom. The van der Waals surface area contributed by atoms with E-state index in [1.807, 2.05) is 0 Å². The second-order valence-corrected chi connectivity index (χ2v) is 3.95. The Morgan fingerprint density at radius 2 is 2.22 bits per heavy atom. The molecule has 0 aliphatic carbocycles. The lowest BCUT2D eigenvalue weighted by molar-refractivity contribution is -0.130. The molecule has 0 fully saturated rings. The van der Waals surface area contributed by atoms with Gasteiger partial charge in [0.15, 0.2) is 0 Å². The van der Waals surface area contributed by atoms with Gasteiger partial charge in [0.2, 0.25) is 5.91 Å². The second-order valence-electron chi connectivity index (χ2n) is 3.54. The number of carbonyl (C=O) groups is 1. The lowest BCUT2D eigenvalue weighted by atomic mass is 10.2. The van der Waals surface area contributed by atoms with Crippen LogP contribution in [0, 0.1) is 0 Å². The van der Waals surface area contributed by atoms with Crippen molar-refractivity contribution in [2.75, 3.05) is 7.05 Å². The van der Waals surface area contributed by atoms with Crippen molar-refractivity contribution in [3.05, 3.63) is 28.8 Å². The number of benzene rings is 1. The van der Waals surface area contributed by atoms with Crippen molar-refractivity contribution in [1.29, 1.82) is 0 Å². The molecule has 4 nitrogen and oxygen atoms in total. The van der Waals surface area contributed by atoms with E-state index < -0.39 is 6.61 Å². The molecule has 0 saturated heterocycles. The maximum Gasteiger partial charge on any atom is 0.387 e. The van der Waals surface area contributed by atoms with Gasteiger partial charge in [-0.2, -0.15) is 8.78 Å². The standard InChI is InChI=1S/C11H13ClF2N2O2/c1-7(17)16(2)15-6-8-3-4-9(5-10(8)12)18-11(13)14/h3-5,11,15H,6H2,1-2H3. The fourth-order valence-electron chi connectivity index (χ4n) is 1.16. The van der Waals surface area contributed by atoms with Crippen LogP contribution in [0.15, 0.2) is 18.2 Å². The average molecular weight is 279 g/mol. The number of alkyl halides is 2. The summed E-state index contributed by atoms with van der Waals surface area (Å²) in [4.78, 5) is 11.0. The van der Waals surface area contributed by atoms with E-state index in [9.17, 15) is 13.6 Å². The van der Waals surface area contributed by atoms with Gasteiger partial charge < -0.3 is 4.74 Å². The van der Waals surface area contributed by atoms with Crippen LogP contribution in [0.1, 0.15) is 12.5 Å². The van der Waals surface area contributed by atoms with Crippen LogP contribution >= 0.6 is 11.6 Å². The summed E-state index contributed by atoms with van der Waals surface area (Å²) < 4.78 is 28.2. The smallest absolute Gasteiger partial charge is 0.387 e. The van der Waals surface area contributed by atoms with Crippen LogP contribution in [0.5, 0.6) is 5.75 Å². The molecule has 0 unspecified atom stereocenters. The molecule has 0 spiro atoms. The Labute approximate surface area is 108 Å². The van der Waals surface area contributed by atoms with E-state index in [2.05, 4.69) is 10.2 Å². The summed E-state index contributed by atoms with van der Waals surface area (Å²) >= 11 is 5.91. The molecule has 0 heterocycles. The molecule has 1 aromatic carbocycles. The van der Waals surface area contributed by atoms with Crippen LogP contribution in [0.2, 0.25) is 5.02 Å². The van der Waals surface area contributed by atoms with Crippen molar-refractivity contribution in [2.24, 2.45) is 0 Å². The second kappa shape index (κ2) is 6.51. The van der Waals surface area contributed by atoms with Gasteiger partial charge in [0, 0.05) is 25.5 Å². The highest BCUT2D eigenvalue weighted by molar-refractivity contribution is 6.31. The van der Waals surface area contributed by atoms with Crippen LogP contribution in [-0.2, 0) is 11.3 Å². The van der Waals surface area contributed by atoms with Gasteiger partial charge in [-0.05, 0) is 17.7 Å². The van der Waals surface area contributed by atoms with Crippen LogP contribution in [-0.4, -0.2) is 24.6 Å². The quantitative estimate of drug-likeness (QED) is 0.841. The van der Waals surface area contributed by atoms with E-state index in [1.54, 1.807) is 13.1 Å². The fourth-order valence-corrected chi connectivity index (χ4v) is 1.40. The highest BCUT2D eigenvalue weighted by Crippen LogP contribution is 2.23. The minimum atomic E-state index is -2.88. The summed E-state index contributed by atoms with van der Waals surface area (Å²) in [5.74, 6) is -0.151. The molecule has 18 heavy (non-hydrogen) atoms. The first-order valence-corrected chi connectivity index (χ1v) is 5.49. The van der Waals surface area contributed by atoms with Crippen molar-refractivity contribution in [2.45, 2.75) is 20.1 Å².